The van der Waals surface area contributed by atoms with Crippen molar-refractivity contribution in [2.45, 2.75) is 31.6 Å². The van der Waals surface area contributed by atoms with Crippen molar-refractivity contribution in [3.8, 4) is 0 Å². The molecule has 1 saturated carbocycles. The molecule has 2 aromatic heterocycles. The molecule has 1 aliphatic rings. The summed E-state index contributed by atoms with van der Waals surface area (Å²) in [5, 5.41) is 0. The zero-order chi connectivity index (χ0) is 10.3. The van der Waals surface area contributed by atoms with Gasteiger partial charge in [-0.3, -0.25) is 0 Å². The number of nitrogens with zero attached hydrogens (tertiary/aromatic N) is 2. The van der Waals surface area contributed by atoms with Gasteiger partial charge in [0.1, 0.15) is 12.6 Å². The molecule has 0 spiro atoms. The van der Waals surface area contributed by atoms with Crippen LogP contribution in [0.2, 0.25) is 0 Å². The second-order valence-corrected chi connectivity index (χ2v) is 4.58. The fraction of sp³-hybridized carbons (Fsp3) is 0.462. The average Bonchev–Trinajstić information content (AvgIpc) is 2.85. The number of fused-ring (bicyclic) bond motifs is 1. The third-order valence-corrected chi connectivity index (χ3v) is 3.61. The molecule has 3 rings (SSSR count). The fourth-order valence-corrected chi connectivity index (χ4v) is 2.87. The van der Waals surface area contributed by atoms with Crippen LogP contribution in [0.4, 0.5) is 0 Å². The SMILES string of the molecule is C[n+]1ccn2cccc2c1C1CCCC1.[I-]. The van der Waals surface area contributed by atoms with Crippen molar-refractivity contribution in [2.75, 3.05) is 0 Å². The van der Waals surface area contributed by atoms with Crippen LogP contribution in [0.3, 0.4) is 0 Å². The Kier molecular flexibility index (Phi) is 3.52. The van der Waals surface area contributed by atoms with E-state index < -0.39 is 0 Å². The molecule has 0 N–H and O–H groups in total. The number of halogens is 1. The molecule has 3 heteroatoms. The highest BCUT2D eigenvalue weighted by molar-refractivity contribution is 5.51. The smallest absolute Gasteiger partial charge is 0.208 e. The Balaban J connectivity index is 0.000000963. The van der Waals surface area contributed by atoms with Crippen molar-refractivity contribution < 1.29 is 28.5 Å². The highest BCUT2D eigenvalue weighted by Crippen LogP contribution is 2.34. The molecule has 0 amide bonds. The predicted octanol–water partition coefficient (Wildman–Crippen LogP) is -0.575. The van der Waals surface area contributed by atoms with Gasteiger partial charge in [-0.25, -0.2) is 4.57 Å². The van der Waals surface area contributed by atoms with Gasteiger partial charge in [-0.2, -0.15) is 0 Å². The zero-order valence-electron chi connectivity index (χ0n) is 9.56. The average molecular weight is 328 g/mol. The number of hydrogen-bond acceptors (Lipinski definition) is 0. The van der Waals surface area contributed by atoms with E-state index in [0.717, 1.165) is 5.92 Å². The Morgan fingerprint density at radius 2 is 2.00 bits per heavy atom. The van der Waals surface area contributed by atoms with Gasteiger partial charge in [0, 0.05) is 12.1 Å². The molecule has 0 unspecified atom stereocenters. The number of aryl methyl sites for hydroxylation is 1. The lowest BCUT2D eigenvalue weighted by Crippen LogP contribution is -3.00. The van der Waals surface area contributed by atoms with E-state index in [1.165, 1.54) is 36.9 Å². The summed E-state index contributed by atoms with van der Waals surface area (Å²) in [5.74, 6) is 0.772. The van der Waals surface area contributed by atoms with Crippen molar-refractivity contribution in [1.29, 1.82) is 0 Å². The Hall–Kier alpha value is -0.580. The molecule has 1 aliphatic carbocycles. The van der Waals surface area contributed by atoms with Crippen LogP contribution in [0, 0.1) is 0 Å². The standard InChI is InChI=1S/C13H17N2.HI/c1-14-9-10-15-8-4-7-12(15)13(14)11-5-2-3-6-11;/h4,7-11H,2-3,5-6H2,1H3;1H/q+1;/p-1. The summed E-state index contributed by atoms with van der Waals surface area (Å²) >= 11 is 0. The van der Waals surface area contributed by atoms with Crippen LogP contribution in [0.5, 0.6) is 0 Å². The molecule has 2 nitrogen and oxygen atoms in total. The molecule has 86 valence electrons. The van der Waals surface area contributed by atoms with Gasteiger partial charge in [0.2, 0.25) is 5.69 Å². The molecular formula is C13H17IN2. The minimum Gasteiger partial charge on any atom is -1.00 e. The van der Waals surface area contributed by atoms with E-state index in [1.54, 1.807) is 0 Å². The van der Waals surface area contributed by atoms with Crippen molar-refractivity contribution >= 4 is 5.52 Å². The van der Waals surface area contributed by atoms with E-state index in [-0.39, 0.29) is 24.0 Å². The van der Waals surface area contributed by atoms with Crippen molar-refractivity contribution in [1.82, 2.24) is 4.40 Å². The summed E-state index contributed by atoms with van der Waals surface area (Å²) in [6.45, 7) is 0. The lowest BCUT2D eigenvalue weighted by atomic mass is 10.0. The van der Waals surface area contributed by atoms with E-state index >= 15 is 0 Å². The van der Waals surface area contributed by atoms with Crippen molar-refractivity contribution in [2.24, 2.45) is 7.05 Å². The second kappa shape index (κ2) is 4.73. The highest BCUT2D eigenvalue weighted by Gasteiger charge is 2.26. The van der Waals surface area contributed by atoms with Gasteiger partial charge in [-0.05, 0) is 25.0 Å². The molecule has 0 radical (unpaired) electrons. The second-order valence-electron chi connectivity index (χ2n) is 4.58. The highest BCUT2D eigenvalue weighted by atomic mass is 127. The van der Waals surface area contributed by atoms with Crippen LogP contribution in [-0.2, 0) is 7.05 Å². The molecule has 2 heterocycles. The minimum atomic E-state index is 0. The van der Waals surface area contributed by atoms with Crippen molar-refractivity contribution in [3.05, 3.63) is 36.4 Å². The van der Waals surface area contributed by atoms with Gasteiger partial charge in [-0.15, -0.1) is 0 Å². The molecule has 16 heavy (non-hydrogen) atoms. The number of rotatable bonds is 1. The van der Waals surface area contributed by atoms with E-state index in [2.05, 4.69) is 46.7 Å². The maximum absolute atomic E-state index is 2.30. The maximum Gasteiger partial charge on any atom is 0.208 e. The Bertz CT molecular complexity index is 484. The molecule has 0 bridgehead atoms. The Labute approximate surface area is 113 Å². The fourth-order valence-electron chi connectivity index (χ4n) is 2.87. The first kappa shape index (κ1) is 11.9. The molecule has 0 saturated heterocycles. The van der Waals surface area contributed by atoms with Gasteiger partial charge in [0.15, 0.2) is 6.20 Å². The van der Waals surface area contributed by atoms with Crippen molar-refractivity contribution in [3.63, 3.8) is 0 Å². The maximum atomic E-state index is 2.30. The van der Waals surface area contributed by atoms with Crippen LogP contribution in [0.15, 0.2) is 30.7 Å². The summed E-state index contributed by atoms with van der Waals surface area (Å²) < 4.78 is 4.53. The van der Waals surface area contributed by atoms with E-state index in [4.69, 9.17) is 0 Å². The third kappa shape index (κ3) is 1.85. The number of aromatic nitrogens is 2. The molecule has 1 fully saturated rings. The molecule has 0 atom stereocenters. The summed E-state index contributed by atoms with van der Waals surface area (Å²) in [4.78, 5) is 0. The molecule has 2 aromatic rings. The summed E-state index contributed by atoms with van der Waals surface area (Å²) in [6, 6.07) is 4.36. The zero-order valence-corrected chi connectivity index (χ0v) is 11.7. The van der Waals surface area contributed by atoms with Gasteiger partial charge in [-0.1, -0.05) is 12.8 Å². The summed E-state index contributed by atoms with van der Waals surface area (Å²) in [7, 11) is 2.17. The quantitative estimate of drug-likeness (QED) is 0.489. The summed E-state index contributed by atoms with van der Waals surface area (Å²) in [6.07, 6.45) is 11.9. The van der Waals surface area contributed by atoms with E-state index in [1.807, 2.05) is 0 Å². The van der Waals surface area contributed by atoms with Crippen LogP contribution in [0.25, 0.3) is 5.52 Å². The van der Waals surface area contributed by atoms with Crippen LogP contribution < -0.4 is 28.5 Å². The lowest BCUT2D eigenvalue weighted by molar-refractivity contribution is -0.679. The lowest BCUT2D eigenvalue weighted by Gasteiger charge is -2.08. The minimum absolute atomic E-state index is 0. The summed E-state index contributed by atoms with van der Waals surface area (Å²) in [5.41, 5.74) is 2.90. The van der Waals surface area contributed by atoms with Gasteiger partial charge in [0.05, 0.1) is 6.20 Å². The van der Waals surface area contributed by atoms with Crippen LogP contribution >= 0.6 is 0 Å². The molecular weight excluding hydrogens is 311 g/mol. The first-order valence-corrected chi connectivity index (χ1v) is 5.81. The van der Waals surface area contributed by atoms with E-state index in [0.29, 0.717) is 0 Å². The predicted molar refractivity (Wildman–Crippen MR) is 59.8 cm³/mol. The largest absolute Gasteiger partial charge is 1.00 e. The molecule has 0 aliphatic heterocycles. The van der Waals surface area contributed by atoms with Gasteiger partial charge in [0.25, 0.3) is 0 Å². The Morgan fingerprint density at radius 3 is 2.75 bits per heavy atom. The topological polar surface area (TPSA) is 8.29 Å². The molecule has 0 aromatic carbocycles. The third-order valence-electron chi connectivity index (χ3n) is 3.61. The first-order valence-electron chi connectivity index (χ1n) is 5.81. The van der Waals surface area contributed by atoms with Gasteiger partial charge >= 0.3 is 0 Å². The monoisotopic (exact) mass is 328 g/mol. The normalized spacial score (nSPS) is 16.6. The van der Waals surface area contributed by atoms with E-state index in [9.17, 15) is 0 Å². The Morgan fingerprint density at radius 1 is 1.25 bits per heavy atom. The van der Waals surface area contributed by atoms with Crippen LogP contribution in [0.1, 0.15) is 37.3 Å². The van der Waals surface area contributed by atoms with Gasteiger partial charge < -0.3 is 28.4 Å². The van der Waals surface area contributed by atoms with Crippen LogP contribution in [-0.4, -0.2) is 4.40 Å². The first-order chi connectivity index (χ1) is 7.36. The number of hydrogen-bond donors (Lipinski definition) is 0.